The van der Waals surface area contributed by atoms with Crippen LogP contribution in [0.3, 0.4) is 0 Å². The quantitative estimate of drug-likeness (QED) is 0.579. The summed E-state index contributed by atoms with van der Waals surface area (Å²) in [6.07, 6.45) is 11.4. The zero-order chi connectivity index (χ0) is 21.5. The number of hydrogen-bond donors (Lipinski definition) is 1. The molecule has 0 radical (unpaired) electrons. The van der Waals surface area contributed by atoms with Gasteiger partial charge < -0.3 is 10.5 Å². The van der Waals surface area contributed by atoms with Crippen LogP contribution in [0.15, 0.2) is 59.4 Å². The Morgan fingerprint density at radius 3 is 2.63 bits per heavy atom. The fourth-order valence-electron chi connectivity index (χ4n) is 5.65. The van der Waals surface area contributed by atoms with Crippen LogP contribution >= 0.6 is 23.2 Å². The van der Waals surface area contributed by atoms with Gasteiger partial charge in [-0.05, 0) is 60.3 Å². The molecule has 6 atom stereocenters. The Balaban J connectivity index is 1.82. The number of ketones is 1. The third kappa shape index (κ3) is 3.77. The first kappa shape index (κ1) is 21.7. The van der Waals surface area contributed by atoms with Gasteiger partial charge in [-0.15, -0.1) is 0 Å². The molecule has 0 bridgehead atoms. The van der Waals surface area contributed by atoms with Crippen LogP contribution < -0.4 is 5.73 Å². The van der Waals surface area contributed by atoms with Gasteiger partial charge in [0.15, 0.2) is 5.78 Å². The monoisotopic (exact) mass is 445 g/mol. The molecule has 0 aliphatic heterocycles. The van der Waals surface area contributed by atoms with Crippen LogP contribution in [0, 0.1) is 23.7 Å². The summed E-state index contributed by atoms with van der Waals surface area (Å²) < 4.78 is 5.74. The summed E-state index contributed by atoms with van der Waals surface area (Å²) in [5.74, 6) is 1.87. The van der Waals surface area contributed by atoms with Crippen molar-refractivity contribution < 1.29 is 9.53 Å². The van der Waals surface area contributed by atoms with E-state index >= 15 is 0 Å². The van der Waals surface area contributed by atoms with Gasteiger partial charge in [0.2, 0.25) is 0 Å². The van der Waals surface area contributed by atoms with Crippen LogP contribution in [-0.2, 0) is 9.53 Å². The number of fused-ring (bicyclic) bond motifs is 1. The van der Waals surface area contributed by atoms with Crippen molar-refractivity contribution in [2.24, 2.45) is 29.4 Å². The molecule has 3 aliphatic rings. The van der Waals surface area contributed by atoms with Crippen molar-refractivity contribution >= 4 is 29.0 Å². The molecule has 1 aromatic rings. The highest BCUT2D eigenvalue weighted by atomic mass is 35.5. The van der Waals surface area contributed by atoms with Crippen molar-refractivity contribution in [3.8, 4) is 0 Å². The largest absolute Gasteiger partial charge is 0.501 e. The van der Waals surface area contributed by atoms with Crippen molar-refractivity contribution in [3.05, 3.63) is 69.9 Å². The summed E-state index contributed by atoms with van der Waals surface area (Å²) in [5.41, 5.74) is 7.09. The molecular formula is C25H29Cl2NO2. The minimum absolute atomic E-state index is 0.0411. The Labute approximate surface area is 189 Å². The van der Waals surface area contributed by atoms with E-state index in [1.54, 1.807) is 7.11 Å². The van der Waals surface area contributed by atoms with Crippen LogP contribution in [0.25, 0.3) is 0 Å². The minimum Gasteiger partial charge on any atom is -0.501 e. The molecule has 160 valence electrons. The van der Waals surface area contributed by atoms with Gasteiger partial charge in [0.25, 0.3) is 0 Å². The third-order valence-corrected chi connectivity index (χ3v) is 7.86. The third-order valence-electron chi connectivity index (χ3n) is 7.35. The summed E-state index contributed by atoms with van der Waals surface area (Å²) in [4.78, 5) is 13.1. The Kier molecular flexibility index (Phi) is 6.16. The molecule has 3 nitrogen and oxygen atoms in total. The average Bonchev–Trinajstić information content (AvgIpc) is 2.74. The van der Waals surface area contributed by atoms with Gasteiger partial charge >= 0.3 is 0 Å². The number of hydrogen-bond acceptors (Lipinski definition) is 3. The second-order valence-corrected chi connectivity index (χ2v) is 9.75. The standard InChI is InChI=1S/C25H29Cl2NO2/c1-3-15-12-21-24(16-4-6-17(26)7-5-16)20(10-11-25(21,28)23(29)13-15)19-9-8-18(27)14-22(19)30-2/h4-8,10-11,14-15,19-21,24H,3,9,12-13,28H2,1-2H3/t15?,19?,20-,21-,24-,25-/m0/s1. The van der Waals surface area contributed by atoms with Crippen LogP contribution in [-0.4, -0.2) is 18.4 Å². The van der Waals surface area contributed by atoms with E-state index in [1.165, 1.54) is 5.56 Å². The smallest absolute Gasteiger partial charge is 0.157 e. The highest BCUT2D eigenvalue weighted by Crippen LogP contribution is 2.53. The first-order valence-electron chi connectivity index (χ1n) is 10.8. The van der Waals surface area contributed by atoms with E-state index in [-0.39, 0.29) is 29.5 Å². The fourth-order valence-corrected chi connectivity index (χ4v) is 5.97. The van der Waals surface area contributed by atoms with Gasteiger partial charge in [-0.2, -0.15) is 0 Å². The highest BCUT2D eigenvalue weighted by molar-refractivity contribution is 6.31. The predicted molar refractivity (Wildman–Crippen MR) is 122 cm³/mol. The number of Topliss-reactive ketones (excluding diaryl/α,β-unsaturated/α-hetero) is 1. The van der Waals surface area contributed by atoms with Gasteiger partial charge in [-0.1, -0.05) is 66.9 Å². The summed E-state index contributed by atoms with van der Waals surface area (Å²) in [6.45, 7) is 2.16. The molecule has 3 aliphatic carbocycles. The SMILES string of the molecule is CCC1CC(=O)[C@]2(N)C=C[C@@H](C3CC=C(Cl)C=C3OC)[C@H](c3ccc(Cl)cc3)[C@@H]2C1. The molecule has 1 saturated carbocycles. The van der Waals surface area contributed by atoms with Gasteiger partial charge in [0, 0.05) is 22.4 Å². The minimum atomic E-state index is -0.911. The van der Waals surface area contributed by atoms with E-state index in [2.05, 4.69) is 25.1 Å². The normalized spacial score (nSPS) is 36.0. The van der Waals surface area contributed by atoms with Crippen LogP contribution in [0.1, 0.15) is 44.1 Å². The molecule has 30 heavy (non-hydrogen) atoms. The maximum atomic E-state index is 13.1. The Hall–Kier alpha value is -1.55. The molecule has 0 heterocycles. The lowest BCUT2D eigenvalue weighted by molar-refractivity contribution is -0.129. The molecule has 0 saturated heterocycles. The number of ether oxygens (including phenoxy) is 1. The molecule has 2 N–H and O–H groups in total. The lowest BCUT2D eigenvalue weighted by atomic mass is 9.54. The van der Waals surface area contributed by atoms with Crippen LogP contribution in [0.5, 0.6) is 0 Å². The first-order chi connectivity index (χ1) is 14.4. The molecule has 5 heteroatoms. The van der Waals surface area contributed by atoms with Crippen molar-refractivity contribution in [3.63, 3.8) is 0 Å². The summed E-state index contributed by atoms with van der Waals surface area (Å²) >= 11 is 12.4. The second kappa shape index (κ2) is 8.53. The van der Waals surface area contributed by atoms with Gasteiger partial charge in [0.1, 0.15) is 5.76 Å². The summed E-state index contributed by atoms with van der Waals surface area (Å²) in [5, 5.41) is 1.41. The number of rotatable bonds is 4. The fraction of sp³-hybridized carbons (Fsp3) is 0.480. The number of benzene rings is 1. The van der Waals surface area contributed by atoms with Crippen molar-refractivity contribution in [2.75, 3.05) is 7.11 Å². The van der Waals surface area contributed by atoms with E-state index in [0.29, 0.717) is 22.4 Å². The number of nitrogens with two attached hydrogens (primary N) is 1. The van der Waals surface area contributed by atoms with Gasteiger partial charge in [0.05, 0.1) is 12.6 Å². The lowest BCUT2D eigenvalue weighted by Gasteiger charge is -2.51. The van der Waals surface area contributed by atoms with Crippen molar-refractivity contribution in [2.45, 2.75) is 44.1 Å². The van der Waals surface area contributed by atoms with Crippen LogP contribution in [0.2, 0.25) is 5.02 Å². The predicted octanol–water partition coefficient (Wildman–Crippen LogP) is 5.99. The molecule has 0 amide bonds. The van der Waals surface area contributed by atoms with Gasteiger partial charge in [-0.25, -0.2) is 0 Å². The number of carbonyl (C=O) groups is 1. The number of methoxy groups -OCH3 is 1. The second-order valence-electron chi connectivity index (χ2n) is 8.87. The molecule has 0 spiro atoms. The van der Waals surface area contributed by atoms with E-state index in [4.69, 9.17) is 33.7 Å². The molecule has 0 aromatic heterocycles. The molecule has 4 rings (SSSR count). The Bertz CT molecular complexity index is 904. The van der Waals surface area contributed by atoms with E-state index in [0.717, 1.165) is 25.0 Å². The lowest BCUT2D eigenvalue weighted by Crippen LogP contribution is -2.60. The van der Waals surface area contributed by atoms with Crippen molar-refractivity contribution in [1.82, 2.24) is 0 Å². The highest BCUT2D eigenvalue weighted by Gasteiger charge is 2.53. The number of halogens is 2. The first-order valence-corrected chi connectivity index (χ1v) is 11.5. The zero-order valence-corrected chi connectivity index (χ0v) is 19.0. The van der Waals surface area contributed by atoms with Gasteiger partial charge in [-0.3, -0.25) is 4.79 Å². The van der Waals surface area contributed by atoms with Crippen LogP contribution in [0.4, 0.5) is 0 Å². The number of allylic oxidation sites excluding steroid dienone is 5. The summed E-state index contributed by atoms with van der Waals surface area (Å²) in [7, 11) is 1.70. The average molecular weight is 446 g/mol. The zero-order valence-electron chi connectivity index (χ0n) is 17.5. The summed E-state index contributed by atoms with van der Waals surface area (Å²) in [6, 6.07) is 8.02. The topological polar surface area (TPSA) is 52.3 Å². The van der Waals surface area contributed by atoms with Crippen molar-refractivity contribution in [1.29, 1.82) is 0 Å². The number of carbonyl (C=O) groups excluding carboxylic acids is 1. The van der Waals surface area contributed by atoms with E-state index in [1.807, 2.05) is 30.4 Å². The molecular weight excluding hydrogens is 417 g/mol. The molecule has 2 unspecified atom stereocenters. The maximum Gasteiger partial charge on any atom is 0.157 e. The van der Waals surface area contributed by atoms with E-state index in [9.17, 15) is 4.79 Å². The Morgan fingerprint density at radius 2 is 1.97 bits per heavy atom. The maximum absolute atomic E-state index is 13.1. The Morgan fingerprint density at radius 1 is 1.23 bits per heavy atom. The molecule has 1 fully saturated rings. The molecule has 1 aromatic carbocycles. The van der Waals surface area contributed by atoms with E-state index < -0.39 is 5.54 Å².